The Balaban J connectivity index is 2.25. The molecule has 0 bridgehead atoms. The summed E-state index contributed by atoms with van der Waals surface area (Å²) in [6.07, 6.45) is 6.71. The molecule has 18 heavy (non-hydrogen) atoms. The first-order valence-electron chi connectivity index (χ1n) is 6.46. The molecule has 0 unspecified atom stereocenters. The van der Waals surface area contributed by atoms with Crippen LogP contribution in [0.3, 0.4) is 0 Å². The van der Waals surface area contributed by atoms with Gasteiger partial charge in [0.1, 0.15) is 0 Å². The first kappa shape index (κ1) is 13.5. The van der Waals surface area contributed by atoms with Crippen LogP contribution in [0.25, 0.3) is 0 Å². The number of carbonyl (C=O) groups is 1. The number of ketones is 1. The van der Waals surface area contributed by atoms with E-state index in [-0.39, 0.29) is 17.5 Å². The Hall–Kier alpha value is -0.930. The molecule has 0 saturated carbocycles. The molecule has 3 heteroatoms. The molecule has 2 rings (SSSR count). The van der Waals surface area contributed by atoms with E-state index in [9.17, 15) is 4.79 Å². The van der Waals surface area contributed by atoms with E-state index in [0.29, 0.717) is 0 Å². The second kappa shape index (κ2) is 4.04. The van der Waals surface area contributed by atoms with Crippen molar-refractivity contribution in [2.75, 3.05) is 0 Å². The predicted molar refractivity (Wildman–Crippen MR) is 70.4 cm³/mol. The Bertz CT molecular complexity index is 410. The molecule has 0 aromatic rings. The highest BCUT2D eigenvalue weighted by Crippen LogP contribution is 2.41. The summed E-state index contributed by atoms with van der Waals surface area (Å²) in [4.78, 5) is 12.2. The van der Waals surface area contributed by atoms with Gasteiger partial charge in [-0.05, 0) is 52.7 Å². The van der Waals surface area contributed by atoms with E-state index in [4.69, 9.17) is 9.47 Å². The lowest BCUT2D eigenvalue weighted by atomic mass is 9.86. The van der Waals surface area contributed by atoms with Crippen LogP contribution in [0.1, 0.15) is 40.5 Å². The van der Waals surface area contributed by atoms with Crippen molar-refractivity contribution in [3.05, 3.63) is 24.8 Å². The molecule has 0 N–H and O–H groups in total. The van der Waals surface area contributed by atoms with Gasteiger partial charge in [0.2, 0.25) is 0 Å². The lowest BCUT2D eigenvalue weighted by Crippen LogP contribution is -2.55. The van der Waals surface area contributed by atoms with Crippen molar-refractivity contribution < 1.29 is 14.3 Å². The standard InChI is InChI=1S/C15H22O3/c1-6-14(4)10-8-12(17-14)15(5)11(16)7-9-13(2,3)18-15/h6-7,9,12H,1,8,10H2,2-5H3/t12-,14-,15-/m0/s1. The molecule has 0 radical (unpaired) electrons. The maximum absolute atomic E-state index is 12.2. The fourth-order valence-corrected chi connectivity index (χ4v) is 2.70. The van der Waals surface area contributed by atoms with Crippen LogP contribution in [-0.4, -0.2) is 28.7 Å². The molecular formula is C15H22O3. The summed E-state index contributed by atoms with van der Waals surface area (Å²) in [5.74, 6) is -0.0138. The average Bonchev–Trinajstić information content (AvgIpc) is 2.68. The molecule has 100 valence electrons. The fraction of sp³-hybridized carbons (Fsp3) is 0.667. The van der Waals surface area contributed by atoms with Crippen LogP contribution in [0.4, 0.5) is 0 Å². The van der Waals surface area contributed by atoms with Gasteiger partial charge in [0, 0.05) is 0 Å². The van der Waals surface area contributed by atoms with Crippen molar-refractivity contribution in [3.8, 4) is 0 Å². The quantitative estimate of drug-likeness (QED) is 0.707. The third kappa shape index (κ3) is 2.17. The van der Waals surface area contributed by atoms with Gasteiger partial charge in [-0.3, -0.25) is 4.79 Å². The van der Waals surface area contributed by atoms with Crippen LogP contribution in [0.5, 0.6) is 0 Å². The zero-order valence-electron chi connectivity index (χ0n) is 11.7. The van der Waals surface area contributed by atoms with Crippen molar-refractivity contribution in [2.24, 2.45) is 0 Å². The second-order valence-corrected chi connectivity index (χ2v) is 6.17. The van der Waals surface area contributed by atoms with Gasteiger partial charge in [0.15, 0.2) is 11.4 Å². The number of rotatable bonds is 2. The number of carbonyl (C=O) groups excluding carboxylic acids is 1. The topological polar surface area (TPSA) is 35.5 Å². The SMILES string of the molecule is C=C[C@@]1(C)CC[C@@H]([C@@]2(C)OC(C)(C)C=CC2=O)O1. The van der Waals surface area contributed by atoms with Gasteiger partial charge < -0.3 is 9.47 Å². The van der Waals surface area contributed by atoms with Gasteiger partial charge in [0.05, 0.1) is 17.3 Å². The lowest BCUT2D eigenvalue weighted by molar-refractivity contribution is -0.190. The van der Waals surface area contributed by atoms with E-state index in [0.717, 1.165) is 12.8 Å². The number of ether oxygens (including phenoxy) is 2. The minimum atomic E-state index is -0.890. The molecule has 0 aromatic heterocycles. The van der Waals surface area contributed by atoms with Crippen LogP contribution in [0.2, 0.25) is 0 Å². The van der Waals surface area contributed by atoms with Crippen LogP contribution in [0, 0.1) is 0 Å². The van der Waals surface area contributed by atoms with Crippen LogP contribution >= 0.6 is 0 Å². The Labute approximate surface area is 109 Å². The van der Waals surface area contributed by atoms with Crippen molar-refractivity contribution in [1.29, 1.82) is 0 Å². The molecular weight excluding hydrogens is 228 g/mol. The smallest absolute Gasteiger partial charge is 0.189 e. The maximum atomic E-state index is 12.2. The summed E-state index contributed by atoms with van der Waals surface area (Å²) in [6, 6.07) is 0. The molecule has 0 aliphatic carbocycles. The molecule has 0 amide bonds. The van der Waals surface area contributed by atoms with Crippen LogP contribution < -0.4 is 0 Å². The Morgan fingerprint density at radius 3 is 2.61 bits per heavy atom. The maximum Gasteiger partial charge on any atom is 0.189 e. The highest BCUT2D eigenvalue weighted by molar-refractivity contribution is 5.98. The largest absolute Gasteiger partial charge is 0.364 e. The summed E-state index contributed by atoms with van der Waals surface area (Å²) in [5, 5.41) is 0. The molecule has 1 fully saturated rings. The lowest BCUT2D eigenvalue weighted by Gasteiger charge is -2.42. The summed E-state index contributed by atoms with van der Waals surface area (Å²) >= 11 is 0. The molecule has 2 heterocycles. The van der Waals surface area contributed by atoms with Crippen molar-refractivity contribution in [3.63, 3.8) is 0 Å². The minimum absolute atomic E-state index is 0.0138. The van der Waals surface area contributed by atoms with E-state index >= 15 is 0 Å². The van der Waals surface area contributed by atoms with Crippen LogP contribution in [0.15, 0.2) is 24.8 Å². The van der Waals surface area contributed by atoms with Gasteiger partial charge in [-0.15, -0.1) is 6.58 Å². The molecule has 0 aromatic carbocycles. The Morgan fingerprint density at radius 1 is 1.39 bits per heavy atom. The van der Waals surface area contributed by atoms with Gasteiger partial charge in [-0.2, -0.15) is 0 Å². The van der Waals surface area contributed by atoms with E-state index in [2.05, 4.69) is 6.58 Å². The van der Waals surface area contributed by atoms with Crippen molar-refractivity contribution >= 4 is 5.78 Å². The number of hydrogen-bond acceptors (Lipinski definition) is 3. The molecule has 3 nitrogen and oxygen atoms in total. The van der Waals surface area contributed by atoms with E-state index in [1.165, 1.54) is 0 Å². The summed E-state index contributed by atoms with van der Waals surface area (Å²) in [5.41, 5.74) is -1.67. The van der Waals surface area contributed by atoms with E-state index in [1.807, 2.05) is 33.8 Å². The molecule has 0 spiro atoms. The average molecular weight is 250 g/mol. The van der Waals surface area contributed by atoms with Gasteiger partial charge in [-0.25, -0.2) is 0 Å². The molecule has 2 aliphatic heterocycles. The predicted octanol–water partition coefficient (Wildman–Crippen LogP) is 2.80. The molecule has 1 saturated heterocycles. The third-order valence-electron chi connectivity index (χ3n) is 3.96. The normalized spacial score (nSPS) is 43.1. The zero-order valence-corrected chi connectivity index (χ0v) is 11.7. The van der Waals surface area contributed by atoms with E-state index < -0.39 is 11.2 Å². The van der Waals surface area contributed by atoms with Crippen LogP contribution in [-0.2, 0) is 14.3 Å². The highest BCUT2D eigenvalue weighted by atomic mass is 16.6. The summed E-state index contributed by atoms with van der Waals surface area (Å²) in [6.45, 7) is 11.5. The van der Waals surface area contributed by atoms with E-state index in [1.54, 1.807) is 12.2 Å². The molecule has 2 aliphatic rings. The van der Waals surface area contributed by atoms with Gasteiger partial charge in [-0.1, -0.05) is 6.08 Å². The first-order valence-corrected chi connectivity index (χ1v) is 6.46. The van der Waals surface area contributed by atoms with Gasteiger partial charge in [0.25, 0.3) is 0 Å². The first-order chi connectivity index (χ1) is 8.21. The summed E-state index contributed by atoms with van der Waals surface area (Å²) < 4.78 is 12.0. The van der Waals surface area contributed by atoms with Crippen molar-refractivity contribution in [1.82, 2.24) is 0 Å². The minimum Gasteiger partial charge on any atom is -0.364 e. The highest BCUT2D eigenvalue weighted by Gasteiger charge is 2.52. The monoisotopic (exact) mass is 250 g/mol. The third-order valence-corrected chi connectivity index (χ3v) is 3.96. The van der Waals surface area contributed by atoms with Crippen molar-refractivity contribution in [2.45, 2.75) is 63.4 Å². The van der Waals surface area contributed by atoms with Gasteiger partial charge >= 0.3 is 0 Å². The fourth-order valence-electron chi connectivity index (χ4n) is 2.70. The Kier molecular flexibility index (Phi) is 3.03. The number of hydrogen-bond donors (Lipinski definition) is 0. The summed E-state index contributed by atoms with van der Waals surface area (Å²) in [7, 11) is 0. The Morgan fingerprint density at radius 2 is 2.06 bits per heavy atom. The zero-order chi connectivity index (χ0) is 13.6. The molecule has 3 atom stereocenters. The second-order valence-electron chi connectivity index (χ2n) is 6.17.